The van der Waals surface area contributed by atoms with E-state index in [0.717, 1.165) is 174 Å². The van der Waals surface area contributed by atoms with Crippen LogP contribution in [0.25, 0.3) is 124 Å². The minimum atomic E-state index is 0.671. The predicted octanol–water partition coefficient (Wildman–Crippen LogP) is 24.4. The lowest BCUT2D eigenvalue weighted by atomic mass is 9.83. The van der Waals surface area contributed by atoms with Crippen LogP contribution in [0.4, 0.5) is 17.1 Å². The molecule has 4 heteroatoms. The molecule has 2 N–H and O–H groups in total. The van der Waals surface area contributed by atoms with E-state index in [1.807, 2.05) is 24.3 Å². The van der Waals surface area contributed by atoms with E-state index >= 15 is 0 Å². The van der Waals surface area contributed by atoms with Crippen LogP contribution in [0.15, 0.2) is 365 Å². The minimum Gasteiger partial charge on any atom is -0.397 e. The quantitative estimate of drug-likeness (QED) is 0.0611. The second-order valence-corrected chi connectivity index (χ2v) is 25.9. The molecule has 1 aliphatic carbocycles. The van der Waals surface area contributed by atoms with Gasteiger partial charge in [0.25, 0.3) is 0 Å². The van der Waals surface area contributed by atoms with Gasteiger partial charge in [-0.05, 0) is 236 Å². The molecule has 0 spiro atoms. The van der Waals surface area contributed by atoms with Crippen LogP contribution in [-0.2, 0) is 6.42 Å². The Hall–Kier alpha value is -12.9. The number of imidazole rings is 1. The number of nitrogens with zero attached hydrogens (tertiary/aromatic N) is 3. The van der Waals surface area contributed by atoms with Crippen molar-refractivity contribution in [3.05, 3.63) is 403 Å². The van der Waals surface area contributed by atoms with Crippen molar-refractivity contribution < 1.29 is 0 Å². The largest absolute Gasteiger partial charge is 0.397 e. The molecule has 0 saturated carbocycles. The Morgan fingerprint density at radius 3 is 1.69 bits per heavy atom. The molecule has 1 aromatic heterocycles. The van der Waals surface area contributed by atoms with E-state index in [1.165, 1.54) is 5.56 Å². The zero-order valence-electron chi connectivity index (χ0n) is 58.1. The summed E-state index contributed by atoms with van der Waals surface area (Å²) in [5.74, 6) is 0.891. The SMILES string of the molecule is C=C=c1c(-c2cc(/C(C)=C/C=C\C=C)cc(-c3ccccc3)c2)c(/C=C\Cc2ccc(-c3ccc(N(C(=C)C4=CCCC=C4)c4ccccc4)c(N)c3)cc2)c(C)c(-c2cc(-c3ccccc3)cc(-c3ccccc3)c2)/c1=C/C=C(\C)c1ccc2c(c1)nc(-c1ccccc1)n2-c1ccccc1. The number of fused-ring (bicyclic) bond motifs is 1. The average molecular weight is 1310 g/mol. The number of hydrogen-bond donors (Lipinski definition) is 1. The van der Waals surface area contributed by atoms with Gasteiger partial charge in [0.2, 0.25) is 0 Å². The van der Waals surface area contributed by atoms with Gasteiger partial charge < -0.3 is 10.6 Å². The highest BCUT2D eigenvalue weighted by atomic mass is 15.2. The fraction of sp³-hybridized carbons (Fsp3) is 0.0612. The van der Waals surface area contributed by atoms with Crippen LogP contribution in [-0.4, -0.2) is 9.55 Å². The lowest BCUT2D eigenvalue weighted by Gasteiger charge is -2.29. The molecule has 0 bridgehead atoms. The normalized spacial score (nSPS) is 12.7. The fourth-order valence-electron chi connectivity index (χ4n) is 14.0. The van der Waals surface area contributed by atoms with Crippen molar-refractivity contribution in [1.29, 1.82) is 0 Å². The van der Waals surface area contributed by atoms with Crippen LogP contribution in [0.1, 0.15) is 54.5 Å². The van der Waals surface area contributed by atoms with Gasteiger partial charge in [0.15, 0.2) is 0 Å². The van der Waals surface area contributed by atoms with Crippen LogP contribution in [0.3, 0.4) is 0 Å². The Kier molecular flexibility index (Phi) is 19.9. The molecule has 0 aliphatic heterocycles. The summed E-state index contributed by atoms with van der Waals surface area (Å²) in [6.07, 6.45) is 26.6. The Bertz CT molecular complexity index is 5570. The van der Waals surface area contributed by atoms with Crippen molar-refractivity contribution in [2.24, 2.45) is 0 Å². The van der Waals surface area contributed by atoms with Gasteiger partial charge in [-0.15, -0.1) is 5.73 Å². The maximum absolute atomic E-state index is 7.07. The topological polar surface area (TPSA) is 47.1 Å². The van der Waals surface area contributed by atoms with Gasteiger partial charge >= 0.3 is 0 Å². The predicted molar refractivity (Wildman–Crippen MR) is 437 cm³/mol. The molecule has 12 aromatic carbocycles. The molecule has 1 heterocycles. The number of allylic oxidation sites excluding steroid dienone is 11. The van der Waals surface area contributed by atoms with Gasteiger partial charge in [-0.2, -0.15) is 0 Å². The zero-order valence-corrected chi connectivity index (χ0v) is 58.1. The van der Waals surface area contributed by atoms with E-state index in [0.29, 0.717) is 12.1 Å². The summed E-state index contributed by atoms with van der Waals surface area (Å²) in [6, 6.07) is 99.4. The lowest BCUT2D eigenvalue weighted by Crippen LogP contribution is -2.30. The summed E-state index contributed by atoms with van der Waals surface area (Å²) >= 11 is 0. The molecule has 0 atom stereocenters. The summed E-state index contributed by atoms with van der Waals surface area (Å²) in [4.78, 5) is 7.55. The van der Waals surface area contributed by atoms with Gasteiger partial charge in [0, 0.05) is 33.4 Å². The fourth-order valence-corrected chi connectivity index (χ4v) is 14.0. The smallest absolute Gasteiger partial charge is 0.145 e. The Morgan fingerprint density at radius 2 is 1.09 bits per heavy atom. The van der Waals surface area contributed by atoms with Crippen LogP contribution >= 0.6 is 0 Å². The highest BCUT2D eigenvalue weighted by Crippen LogP contribution is 2.42. The van der Waals surface area contributed by atoms with E-state index in [2.05, 4.69) is 377 Å². The molecule has 0 unspecified atom stereocenters. The van der Waals surface area contributed by atoms with E-state index in [9.17, 15) is 0 Å². The second kappa shape index (κ2) is 30.5. The van der Waals surface area contributed by atoms with Crippen LogP contribution in [0.5, 0.6) is 0 Å². The number of hydrogen-bond acceptors (Lipinski definition) is 3. The highest BCUT2D eigenvalue weighted by molar-refractivity contribution is 5.93. The molecule has 13 aromatic rings. The van der Waals surface area contributed by atoms with Crippen LogP contribution in [0.2, 0.25) is 0 Å². The molecular weight excluding hydrogens is 1230 g/mol. The van der Waals surface area contributed by atoms with Crippen LogP contribution < -0.4 is 21.1 Å². The molecule has 0 amide bonds. The molecule has 0 saturated heterocycles. The summed E-state index contributed by atoms with van der Waals surface area (Å²) in [7, 11) is 0. The summed E-state index contributed by atoms with van der Waals surface area (Å²) in [6.45, 7) is 19.9. The Morgan fingerprint density at radius 1 is 0.539 bits per heavy atom. The van der Waals surface area contributed by atoms with Gasteiger partial charge in [-0.3, -0.25) is 4.57 Å². The van der Waals surface area contributed by atoms with Crippen molar-refractivity contribution in [3.8, 4) is 83.8 Å². The molecular formula is C98H80N4. The third-order valence-electron chi connectivity index (χ3n) is 19.3. The first-order valence-electron chi connectivity index (χ1n) is 35.0. The maximum Gasteiger partial charge on any atom is 0.145 e. The first-order chi connectivity index (χ1) is 50.1. The summed E-state index contributed by atoms with van der Waals surface area (Å²) in [5, 5.41) is 1.90. The molecule has 14 rings (SSSR count). The first-order valence-corrected chi connectivity index (χ1v) is 35.0. The highest BCUT2D eigenvalue weighted by Gasteiger charge is 2.23. The van der Waals surface area contributed by atoms with Crippen LogP contribution in [0, 0.1) is 6.92 Å². The van der Waals surface area contributed by atoms with Gasteiger partial charge in [0.05, 0.1) is 22.4 Å². The number of anilines is 3. The zero-order chi connectivity index (χ0) is 69.9. The number of nitrogens with two attached hydrogens (primary N) is 1. The molecule has 492 valence electrons. The number of para-hydroxylation sites is 2. The van der Waals surface area contributed by atoms with Crippen molar-refractivity contribution in [2.45, 2.75) is 40.0 Å². The Balaban J connectivity index is 0.950. The summed E-state index contributed by atoms with van der Waals surface area (Å²) in [5.41, 5.74) is 40.2. The number of benzene rings is 12. The van der Waals surface area contributed by atoms with E-state index in [-0.39, 0.29) is 0 Å². The third kappa shape index (κ3) is 14.2. The number of nitrogen functional groups attached to an aromatic ring is 1. The standard InChI is InChI=1S/C98H80N4/c1-7-9-17-33-68(3)81-60-82(74-37-20-11-21-38-74)65-86(61-81)97-89(8-2)91(57-50-69(4)79-55-59-95-93(67-79)100-98(78-43-26-14-27-44-78)102(95)88-47-30-16-31-48-88)96(85-63-83(75-39-22-12-23-40-75)62-84(64-85)76-41-24-13-25-42-76)70(5)90(97)49-32-34-72-51-53-77(54-52-72)80-56-58-94(92(99)66-80)101(87-45-28-15-29-46-87)71(6)73-35-18-10-19-36-73/h7,9,11-18,20-33,35-67H,1-2,6,10,19,34,99H2,3-5H3/b17-9-,49-32-,68-33+,69-50+,91-57+. The first kappa shape index (κ1) is 66.4. The number of aromatic nitrogens is 2. The molecule has 0 radical (unpaired) electrons. The van der Waals surface area contributed by atoms with Crippen molar-refractivity contribution in [2.75, 3.05) is 10.6 Å². The van der Waals surface area contributed by atoms with Gasteiger partial charge in [0.1, 0.15) is 5.82 Å². The molecule has 4 nitrogen and oxygen atoms in total. The lowest BCUT2D eigenvalue weighted by molar-refractivity contribution is 1.01. The maximum atomic E-state index is 7.07. The second-order valence-electron chi connectivity index (χ2n) is 25.9. The Labute approximate surface area is 600 Å². The van der Waals surface area contributed by atoms with E-state index in [1.54, 1.807) is 0 Å². The number of rotatable bonds is 20. The molecule has 102 heavy (non-hydrogen) atoms. The third-order valence-corrected chi connectivity index (χ3v) is 19.3. The monoisotopic (exact) mass is 1310 g/mol. The van der Waals surface area contributed by atoms with E-state index in [4.69, 9.17) is 10.7 Å². The minimum absolute atomic E-state index is 0.671. The van der Waals surface area contributed by atoms with Crippen molar-refractivity contribution >= 4 is 57.1 Å². The van der Waals surface area contributed by atoms with Gasteiger partial charge in [-0.1, -0.05) is 281 Å². The average Bonchev–Trinajstić information content (AvgIpc) is 0.991. The molecule has 0 fully saturated rings. The van der Waals surface area contributed by atoms with Crippen molar-refractivity contribution in [3.63, 3.8) is 0 Å². The summed E-state index contributed by atoms with van der Waals surface area (Å²) < 4.78 is 2.26. The van der Waals surface area contributed by atoms with Gasteiger partial charge in [-0.25, -0.2) is 4.98 Å². The van der Waals surface area contributed by atoms with E-state index < -0.39 is 0 Å². The molecule has 1 aliphatic rings. The van der Waals surface area contributed by atoms with Crippen molar-refractivity contribution in [1.82, 2.24) is 9.55 Å².